The van der Waals surface area contributed by atoms with Crippen molar-refractivity contribution in [1.29, 1.82) is 0 Å². The predicted octanol–water partition coefficient (Wildman–Crippen LogP) is 4.41. The largest absolute Gasteiger partial charge is 0.497 e. The summed E-state index contributed by atoms with van der Waals surface area (Å²) in [7, 11) is 1.61. The number of amides is 1. The molecule has 0 bridgehead atoms. The van der Waals surface area contributed by atoms with Gasteiger partial charge in [-0.15, -0.1) is 0 Å². The zero-order valence-electron chi connectivity index (χ0n) is 14.2. The fourth-order valence-electron chi connectivity index (χ4n) is 2.92. The van der Waals surface area contributed by atoms with Crippen LogP contribution in [-0.4, -0.2) is 17.6 Å². The van der Waals surface area contributed by atoms with Crippen LogP contribution in [0.25, 0.3) is 10.9 Å². The van der Waals surface area contributed by atoms with Gasteiger partial charge in [-0.05, 0) is 37.6 Å². The molecule has 4 heteroatoms. The fourth-order valence-corrected chi connectivity index (χ4v) is 2.92. The number of carbonyl (C=O) groups excluding carboxylic acids is 1. The van der Waals surface area contributed by atoms with Crippen molar-refractivity contribution in [1.82, 2.24) is 4.57 Å². The molecule has 1 aromatic heterocycles. The van der Waals surface area contributed by atoms with Crippen LogP contribution in [0.15, 0.2) is 54.7 Å². The van der Waals surface area contributed by atoms with E-state index in [9.17, 15) is 4.79 Å². The van der Waals surface area contributed by atoms with E-state index in [0.717, 1.165) is 27.9 Å². The lowest BCUT2D eigenvalue weighted by molar-refractivity contribution is -0.115. The number of benzene rings is 2. The summed E-state index contributed by atoms with van der Waals surface area (Å²) in [5.74, 6) is 0.694. The molecule has 0 spiro atoms. The maximum absolute atomic E-state index is 12.4. The second-order valence-corrected chi connectivity index (χ2v) is 6.13. The third-order valence-corrected chi connectivity index (χ3v) is 4.08. The van der Waals surface area contributed by atoms with E-state index in [2.05, 4.69) is 42.1 Å². The lowest BCUT2D eigenvalue weighted by atomic mass is 10.1. The van der Waals surface area contributed by atoms with Crippen molar-refractivity contribution < 1.29 is 9.53 Å². The number of hydrogen-bond donors (Lipinski definition) is 1. The molecule has 1 heterocycles. The molecule has 0 aliphatic rings. The second-order valence-electron chi connectivity index (χ2n) is 6.13. The standard InChI is InChI=1S/C20H22N2O2/c1-14(2)22-13-15(18-9-4-5-10-19(18)22)11-20(23)21-16-7-6-8-17(12-16)24-3/h4-10,12-14H,11H2,1-3H3,(H,21,23). The van der Waals surface area contributed by atoms with Crippen LogP contribution in [0.4, 0.5) is 5.69 Å². The molecule has 3 aromatic rings. The molecule has 0 saturated heterocycles. The van der Waals surface area contributed by atoms with Gasteiger partial charge in [-0.3, -0.25) is 4.79 Å². The van der Waals surface area contributed by atoms with Gasteiger partial charge in [0.2, 0.25) is 5.91 Å². The van der Waals surface area contributed by atoms with Crippen molar-refractivity contribution in [3.05, 3.63) is 60.3 Å². The summed E-state index contributed by atoms with van der Waals surface area (Å²) in [6.07, 6.45) is 2.43. The molecule has 4 nitrogen and oxygen atoms in total. The van der Waals surface area contributed by atoms with E-state index < -0.39 is 0 Å². The van der Waals surface area contributed by atoms with Gasteiger partial charge in [-0.2, -0.15) is 0 Å². The average Bonchev–Trinajstić information content (AvgIpc) is 2.94. The molecule has 0 atom stereocenters. The number of carbonyl (C=O) groups is 1. The van der Waals surface area contributed by atoms with Gasteiger partial charge in [0.05, 0.1) is 13.5 Å². The van der Waals surface area contributed by atoms with Crippen LogP contribution < -0.4 is 10.1 Å². The van der Waals surface area contributed by atoms with Crippen LogP contribution >= 0.6 is 0 Å². The summed E-state index contributed by atoms with van der Waals surface area (Å²) < 4.78 is 7.40. The molecular weight excluding hydrogens is 300 g/mol. The Kier molecular flexibility index (Phi) is 4.56. The normalized spacial score (nSPS) is 11.0. The van der Waals surface area contributed by atoms with Crippen LogP contribution in [0.5, 0.6) is 5.75 Å². The minimum absolute atomic E-state index is 0.0325. The average molecular weight is 322 g/mol. The van der Waals surface area contributed by atoms with Crippen LogP contribution in [0.3, 0.4) is 0 Å². The number of rotatable bonds is 5. The molecule has 0 unspecified atom stereocenters. The highest BCUT2D eigenvalue weighted by molar-refractivity contribution is 5.96. The molecule has 3 rings (SSSR count). The quantitative estimate of drug-likeness (QED) is 0.756. The molecule has 124 valence electrons. The van der Waals surface area contributed by atoms with Crippen LogP contribution in [0.2, 0.25) is 0 Å². The fraction of sp³-hybridized carbons (Fsp3) is 0.250. The SMILES string of the molecule is COc1cccc(NC(=O)Cc2cn(C(C)C)c3ccccc23)c1. The Labute approximate surface area is 142 Å². The minimum Gasteiger partial charge on any atom is -0.497 e. The second kappa shape index (κ2) is 6.79. The zero-order chi connectivity index (χ0) is 17.1. The van der Waals surface area contributed by atoms with Crippen molar-refractivity contribution in [2.75, 3.05) is 12.4 Å². The summed E-state index contributed by atoms with van der Waals surface area (Å²) >= 11 is 0. The summed E-state index contributed by atoms with van der Waals surface area (Å²) in [4.78, 5) is 12.4. The van der Waals surface area contributed by atoms with Crippen molar-refractivity contribution in [3.63, 3.8) is 0 Å². The van der Waals surface area contributed by atoms with Gasteiger partial charge < -0.3 is 14.6 Å². The van der Waals surface area contributed by atoms with Crippen molar-refractivity contribution in [2.45, 2.75) is 26.3 Å². The Morgan fingerprint density at radius 1 is 1.17 bits per heavy atom. The predicted molar refractivity (Wildman–Crippen MR) is 97.7 cm³/mol. The van der Waals surface area contributed by atoms with Gasteiger partial charge in [0.15, 0.2) is 0 Å². The van der Waals surface area contributed by atoms with E-state index in [0.29, 0.717) is 12.5 Å². The summed E-state index contributed by atoms with van der Waals surface area (Å²) in [5, 5.41) is 4.07. The number of aromatic nitrogens is 1. The first kappa shape index (κ1) is 16.1. The first-order valence-corrected chi connectivity index (χ1v) is 8.11. The van der Waals surface area contributed by atoms with E-state index in [-0.39, 0.29) is 5.91 Å². The Morgan fingerprint density at radius 2 is 1.96 bits per heavy atom. The van der Waals surface area contributed by atoms with Crippen LogP contribution in [0, 0.1) is 0 Å². The number of hydrogen-bond acceptors (Lipinski definition) is 2. The van der Waals surface area contributed by atoms with Crippen molar-refractivity contribution >= 4 is 22.5 Å². The number of fused-ring (bicyclic) bond motifs is 1. The van der Waals surface area contributed by atoms with Gasteiger partial charge in [-0.25, -0.2) is 0 Å². The molecular formula is C20H22N2O2. The Hall–Kier alpha value is -2.75. The third kappa shape index (κ3) is 3.27. The van der Waals surface area contributed by atoms with Gasteiger partial charge in [0, 0.05) is 34.9 Å². The van der Waals surface area contributed by atoms with Gasteiger partial charge in [0.25, 0.3) is 0 Å². The molecule has 2 aromatic carbocycles. The molecule has 0 saturated carbocycles. The monoisotopic (exact) mass is 322 g/mol. The number of para-hydroxylation sites is 1. The molecule has 0 aliphatic heterocycles. The van der Waals surface area contributed by atoms with Gasteiger partial charge in [-0.1, -0.05) is 24.3 Å². The molecule has 0 fully saturated rings. The number of nitrogens with one attached hydrogen (secondary N) is 1. The molecule has 0 radical (unpaired) electrons. The maximum Gasteiger partial charge on any atom is 0.228 e. The molecule has 1 amide bonds. The molecule has 1 N–H and O–H groups in total. The first-order valence-electron chi connectivity index (χ1n) is 8.11. The van der Waals surface area contributed by atoms with E-state index in [1.165, 1.54) is 0 Å². The van der Waals surface area contributed by atoms with E-state index in [1.807, 2.05) is 36.4 Å². The summed E-state index contributed by atoms with van der Waals surface area (Å²) in [6, 6.07) is 15.9. The number of ether oxygens (including phenoxy) is 1. The lowest BCUT2D eigenvalue weighted by Crippen LogP contribution is -2.14. The number of nitrogens with zero attached hydrogens (tertiary/aromatic N) is 1. The molecule has 24 heavy (non-hydrogen) atoms. The molecule has 0 aliphatic carbocycles. The number of methoxy groups -OCH3 is 1. The van der Waals surface area contributed by atoms with E-state index in [1.54, 1.807) is 7.11 Å². The smallest absolute Gasteiger partial charge is 0.228 e. The Morgan fingerprint density at radius 3 is 2.71 bits per heavy atom. The van der Waals surface area contributed by atoms with Crippen LogP contribution in [0.1, 0.15) is 25.5 Å². The maximum atomic E-state index is 12.4. The van der Waals surface area contributed by atoms with Crippen LogP contribution in [-0.2, 0) is 11.2 Å². The van der Waals surface area contributed by atoms with Gasteiger partial charge >= 0.3 is 0 Å². The summed E-state index contributed by atoms with van der Waals surface area (Å²) in [6.45, 7) is 4.29. The highest BCUT2D eigenvalue weighted by Gasteiger charge is 2.13. The Balaban J connectivity index is 1.83. The summed E-state index contributed by atoms with van der Waals surface area (Å²) in [5.41, 5.74) is 2.95. The van der Waals surface area contributed by atoms with E-state index >= 15 is 0 Å². The minimum atomic E-state index is -0.0325. The highest BCUT2D eigenvalue weighted by atomic mass is 16.5. The third-order valence-electron chi connectivity index (χ3n) is 4.08. The van der Waals surface area contributed by atoms with E-state index in [4.69, 9.17) is 4.74 Å². The lowest BCUT2D eigenvalue weighted by Gasteiger charge is -2.08. The van der Waals surface area contributed by atoms with Crippen molar-refractivity contribution in [3.8, 4) is 5.75 Å². The topological polar surface area (TPSA) is 43.3 Å². The van der Waals surface area contributed by atoms with Gasteiger partial charge in [0.1, 0.15) is 5.75 Å². The Bertz CT molecular complexity index is 865. The highest BCUT2D eigenvalue weighted by Crippen LogP contribution is 2.25. The first-order chi connectivity index (χ1) is 11.6. The zero-order valence-corrected chi connectivity index (χ0v) is 14.2. The van der Waals surface area contributed by atoms with Crippen molar-refractivity contribution in [2.24, 2.45) is 0 Å². The number of anilines is 1.